The molecule has 0 unspecified atom stereocenters. The number of fused-ring (bicyclic) bond motifs is 1. The highest BCUT2D eigenvalue weighted by Crippen LogP contribution is 2.46. The number of benzene rings is 3. The molecular weight excluding hydrogens is 637 g/mol. The zero-order valence-corrected chi connectivity index (χ0v) is 23.2. The highest BCUT2D eigenvalue weighted by atomic mass is 79.9. The maximum Gasteiger partial charge on any atom is 0.268 e. The molecule has 3 atom stereocenters. The average Bonchev–Trinajstić information content (AvgIpc) is 3.36. The summed E-state index contributed by atoms with van der Waals surface area (Å²) in [7, 11) is 1.52. The minimum atomic E-state index is -1.11. The zero-order valence-electron chi connectivity index (χ0n) is 18.5. The summed E-state index contributed by atoms with van der Waals surface area (Å²) in [4.78, 5) is 42.3. The van der Waals surface area contributed by atoms with Gasteiger partial charge in [0.25, 0.3) is 11.8 Å². The lowest BCUT2D eigenvalue weighted by Crippen LogP contribution is -2.48. The fourth-order valence-corrected chi connectivity index (χ4v) is 5.91. The van der Waals surface area contributed by atoms with Crippen molar-refractivity contribution in [3.05, 3.63) is 90.8 Å². The minimum absolute atomic E-state index is 0.151. The molecule has 2 aliphatic rings. The zero-order chi connectivity index (χ0) is 25.7. The molecule has 0 aliphatic carbocycles. The first kappa shape index (κ1) is 25.2. The van der Waals surface area contributed by atoms with E-state index in [1.54, 1.807) is 48.5 Å². The van der Waals surface area contributed by atoms with Crippen molar-refractivity contribution in [1.29, 1.82) is 0 Å². The van der Waals surface area contributed by atoms with Crippen LogP contribution in [-0.2, 0) is 9.59 Å². The molecule has 0 spiro atoms. The van der Waals surface area contributed by atoms with Crippen molar-refractivity contribution in [2.45, 2.75) is 12.1 Å². The molecule has 2 fully saturated rings. The Bertz CT molecular complexity index is 1420. The summed E-state index contributed by atoms with van der Waals surface area (Å²) in [6, 6.07) is 14.9. The lowest BCUT2D eigenvalue weighted by atomic mass is 9.90. The van der Waals surface area contributed by atoms with E-state index in [0.29, 0.717) is 26.4 Å². The lowest BCUT2D eigenvalue weighted by Gasteiger charge is -2.26. The Kier molecular flexibility index (Phi) is 6.86. The smallest absolute Gasteiger partial charge is 0.268 e. The van der Waals surface area contributed by atoms with E-state index >= 15 is 0 Å². The van der Waals surface area contributed by atoms with Crippen LogP contribution in [0.15, 0.2) is 69.6 Å². The van der Waals surface area contributed by atoms with Gasteiger partial charge in [0.1, 0.15) is 11.8 Å². The summed E-state index contributed by atoms with van der Waals surface area (Å²) in [6.07, 6.45) is 0. The molecule has 2 saturated heterocycles. The lowest BCUT2D eigenvalue weighted by molar-refractivity contribution is -0.123. The summed E-state index contributed by atoms with van der Waals surface area (Å²) in [5.74, 6) is -1.93. The van der Waals surface area contributed by atoms with Crippen molar-refractivity contribution in [2.24, 2.45) is 5.92 Å². The van der Waals surface area contributed by atoms with E-state index in [0.717, 1.165) is 9.37 Å². The number of halogens is 4. The number of hydrazine groups is 1. The van der Waals surface area contributed by atoms with Gasteiger partial charge in [-0.3, -0.25) is 19.4 Å². The molecule has 36 heavy (non-hydrogen) atoms. The van der Waals surface area contributed by atoms with Crippen LogP contribution in [0.25, 0.3) is 0 Å². The number of amides is 3. The molecule has 0 radical (unpaired) electrons. The first-order chi connectivity index (χ1) is 17.2. The van der Waals surface area contributed by atoms with Crippen molar-refractivity contribution < 1.29 is 19.1 Å². The molecule has 1 N–H and O–H groups in total. The van der Waals surface area contributed by atoms with Crippen LogP contribution >= 0.6 is 55.1 Å². The van der Waals surface area contributed by atoms with Crippen LogP contribution in [-0.4, -0.2) is 35.9 Å². The predicted molar refractivity (Wildman–Crippen MR) is 143 cm³/mol. The quantitative estimate of drug-likeness (QED) is 0.361. The molecule has 3 aromatic rings. The molecule has 184 valence electrons. The monoisotopic (exact) mass is 651 g/mol. The van der Waals surface area contributed by atoms with Crippen molar-refractivity contribution in [1.82, 2.24) is 10.4 Å². The van der Waals surface area contributed by atoms with Gasteiger partial charge < -0.3 is 4.74 Å². The molecule has 7 nitrogen and oxygen atoms in total. The molecule has 11 heteroatoms. The Labute approximate surface area is 233 Å². The van der Waals surface area contributed by atoms with Crippen molar-refractivity contribution in [3.63, 3.8) is 0 Å². The van der Waals surface area contributed by atoms with E-state index in [2.05, 4.69) is 37.3 Å². The number of rotatable bonds is 4. The fourth-order valence-electron chi connectivity index (χ4n) is 4.64. The fraction of sp³-hybridized carbons (Fsp3) is 0.160. The number of anilines is 1. The van der Waals surface area contributed by atoms with Crippen molar-refractivity contribution in [2.75, 3.05) is 12.0 Å². The molecule has 0 aromatic heterocycles. The largest absolute Gasteiger partial charge is 0.496 e. The Hall–Kier alpha value is -2.43. The van der Waals surface area contributed by atoms with E-state index in [1.165, 1.54) is 24.3 Å². The van der Waals surface area contributed by atoms with Crippen molar-refractivity contribution in [3.8, 4) is 5.75 Å². The number of imide groups is 1. The number of carbonyl (C=O) groups is 3. The Morgan fingerprint density at radius 3 is 2.42 bits per heavy atom. The van der Waals surface area contributed by atoms with Gasteiger partial charge in [-0.1, -0.05) is 61.1 Å². The number of ether oxygens (including phenoxy) is 1. The Morgan fingerprint density at radius 1 is 0.972 bits per heavy atom. The minimum Gasteiger partial charge on any atom is -0.496 e. The van der Waals surface area contributed by atoms with Crippen LogP contribution < -0.4 is 15.1 Å². The third kappa shape index (κ3) is 4.22. The number of methoxy groups -OCH3 is 1. The molecule has 2 aliphatic heterocycles. The van der Waals surface area contributed by atoms with Crippen LogP contribution in [0.2, 0.25) is 10.0 Å². The van der Waals surface area contributed by atoms with Crippen LogP contribution in [0.5, 0.6) is 5.75 Å². The summed E-state index contributed by atoms with van der Waals surface area (Å²) in [6.45, 7) is 0. The Balaban J connectivity index is 1.64. The third-order valence-corrected chi connectivity index (χ3v) is 7.73. The van der Waals surface area contributed by atoms with E-state index in [1.807, 2.05) is 0 Å². The van der Waals surface area contributed by atoms with Gasteiger partial charge in [0.2, 0.25) is 5.91 Å². The summed E-state index contributed by atoms with van der Waals surface area (Å²) in [5.41, 5.74) is 4.31. The number of nitrogens with zero attached hydrogens (tertiary/aromatic N) is 2. The second kappa shape index (κ2) is 9.79. The maximum absolute atomic E-state index is 13.8. The van der Waals surface area contributed by atoms with E-state index in [-0.39, 0.29) is 10.7 Å². The number of hydrogen-bond donors (Lipinski definition) is 1. The summed E-state index contributed by atoms with van der Waals surface area (Å²) >= 11 is 19.2. The Morgan fingerprint density at radius 2 is 1.72 bits per heavy atom. The van der Waals surface area contributed by atoms with Crippen LogP contribution in [0.1, 0.15) is 22.0 Å². The molecule has 0 bridgehead atoms. The van der Waals surface area contributed by atoms with Gasteiger partial charge >= 0.3 is 0 Å². The van der Waals surface area contributed by atoms with Gasteiger partial charge in [0, 0.05) is 25.1 Å². The van der Waals surface area contributed by atoms with Crippen LogP contribution in [0, 0.1) is 5.92 Å². The molecule has 5 rings (SSSR count). The predicted octanol–water partition coefficient (Wildman–Crippen LogP) is 5.79. The van der Waals surface area contributed by atoms with Gasteiger partial charge in [-0.2, -0.15) is 0 Å². The van der Waals surface area contributed by atoms with Gasteiger partial charge in [0.15, 0.2) is 0 Å². The summed E-state index contributed by atoms with van der Waals surface area (Å²) < 4.78 is 7.01. The highest BCUT2D eigenvalue weighted by molar-refractivity contribution is 9.10. The highest BCUT2D eigenvalue weighted by Gasteiger charge is 2.61. The van der Waals surface area contributed by atoms with E-state index in [9.17, 15) is 14.4 Å². The normalized spacial score (nSPS) is 21.2. The molecule has 0 saturated carbocycles. The molecule has 3 aromatic carbocycles. The standard InChI is InChI=1S/C25H17Br2Cl2N3O4/c1-36-19-8-5-14(27)10-16(19)21-20-22(32(30-21)23(33)12-3-2-4-13(26)9-12)25(35)31(24(20)34)18-7-6-15(28)11-17(18)29/h2-11,20-22,30H,1H3/t20-,21+,22+/m1/s1. The van der Waals surface area contributed by atoms with Crippen molar-refractivity contribution >= 4 is 78.5 Å². The van der Waals surface area contributed by atoms with Gasteiger partial charge in [-0.15, -0.1) is 0 Å². The molecule has 2 heterocycles. The maximum atomic E-state index is 13.8. The number of hydrogen-bond acceptors (Lipinski definition) is 5. The average molecular weight is 654 g/mol. The molecular formula is C25H17Br2Cl2N3O4. The number of nitrogens with one attached hydrogen (secondary N) is 1. The van der Waals surface area contributed by atoms with Gasteiger partial charge in [0.05, 0.1) is 29.8 Å². The summed E-state index contributed by atoms with van der Waals surface area (Å²) in [5, 5.41) is 1.76. The first-order valence-electron chi connectivity index (χ1n) is 10.7. The van der Waals surface area contributed by atoms with Gasteiger partial charge in [-0.05, 0) is 54.6 Å². The van der Waals surface area contributed by atoms with Gasteiger partial charge in [-0.25, -0.2) is 10.3 Å². The van der Waals surface area contributed by atoms with Crippen LogP contribution in [0.3, 0.4) is 0 Å². The van der Waals surface area contributed by atoms with E-state index in [4.69, 9.17) is 27.9 Å². The second-order valence-electron chi connectivity index (χ2n) is 8.26. The second-order valence-corrected chi connectivity index (χ2v) is 10.9. The van der Waals surface area contributed by atoms with Crippen LogP contribution in [0.4, 0.5) is 5.69 Å². The number of carbonyl (C=O) groups excluding carboxylic acids is 3. The molecule has 3 amide bonds. The first-order valence-corrected chi connectivity index (χ1v) is 13.1. The van der Waals surface area contributed by atoms with E-state index < -0.39 is 35.7 Å². The SMILES string of the molecule is COc1ccc(Br)cc1[C@@H]1NN(C(=O)c2cccc(Br)c2)[C@@H]2C(=O)N(c3ccc(Cl)cc3Cl)C(=O)[C@@H]21. The third-order valence-electron chi connectivity index (χ3n) is 6.20. The topological polar surface area (TPSA) is 79.0 Å².